The van der Waals surface area contributed by atoms with Crippen LogP contribution in [0.1, 0.15) is 50.2 Å². The number of aromatic nitrogens is 2. The summed E-state index contributed by atoms with van der Waals surface area (Å²) >= 11 is 0. The Balaban J connectivity index is 2.29. The summed E-state index contributed by atoms with van der Waals surface area (Å²) in [7, 11) is -1.91. The van der Waals surface area contributed by atoms with Gasteiger partial charge in [0.05, 0.1) is 10.6 Å². The van der Waals surface area contributed by atoms with Crippen LogP contribution in [-0.4, -0.2) is 29.6 Å². The lowest BCUT2D eigenvalue weighted by atomic mass is 9.87. The Labute approximate surface area is 151 Å². The summed E-state index contributed by atoms with van der Waals surface area (Å²) in [5.41, 5.74) is 3.98. The highest BCUT2D eigenvalue weighted by atomic mass is 32.2. The SMILES string of the molecule is CCn1nc(C)c(CN(C)S(=O)(=O)c2ccc(C(C)(C)C)cc2)c1C. The molecule has 0 unspecified atom stereocenters. The van der Waals surface area contributed by atoms with E-state index in [2.05, 4.69) is 25.9 Å². The molecule has 1 aromatic carbocycles. The van der Waals surface area contributed by atoms with Gasteiger partial charge in [-0.3, -0.25) is 4.68 Å². The summed E-state index contributed by atoms with van der Waals surface area (Å²) in [6.45, 7) is 13.4. The molecule has 25 heavy (non-hydrogen) atoms. The smallest absolute Gasteiger partial charge is 0.243 e. The maximum Gasteiger partial charge on any atom is 0.243 e. The molecule has 0 amide bonds. The van der Waals surface area contributed by atoms with Crippen LogP contribution in [0.4, 0.5) is 0 Å². The van der Waals surface area contributed by atoms with Gasteiger partial charge in [0.15, 0.2) is 0 Å². The summed E-state index contributed by atoms with van der Waals surface area (Å²) in [6, 6.07) is 7.18. The summed E-state index contributed by atoms with van der Waals surface area (Å²) in [5.74, 6) is 0. The highest BCUT2D eigenvalue weighted by molar-refractivity contribution is 7.89. The van der Waals surface area contributed by atoms with Crippen molar-refractivity contribution in [3.8, 4) is 0 Å². The molecular weight excluding hydrogens is 334 g/mol. The second kappa shape index (κ2) is 6.92. The number of hydrogen-bond donors (Lipinski definition) is 0. The van der Waals surface area contributed by atoms with Gasteiger partial charge in [0, 0.05) is 31.4 Å². The van der Waals surface area contributed by atoms with E-state index in [1.54, 1.807) is 19.2 Å². The van der Waals surface area contributed by atoms with Crippen LogP contribution in [0.2, 0.25) is 0 Å². The summed E-state index contributed by atoms with van der Waals surface area (Å²) in [5, 5.41) is 4.47. The van der Waals surface area contributed by atoms with Crippen LogP contribution in [0.3, 0.4) is 0 Å². The molecule has 0 aliphatic rings. The molecule has 0 radical (unpaired) electrons. The Bertz CT molecular complexity index is 844. The molecule has 0 fully saturated rings. The zero-order valence-corrected chi connectivity index (χ0v) is 17.1. The zero-order chi connectivity index (χ0) is 19.0. The summed E-state index contributed by atoms with van der Waals surface area (Å²) < 4.78 is 29.1. The van der Waals surface area contributed by atoms with Crippen molar-refractivity contribution in [3.05, 3.63) is 46.8 Å². The van der Waals surface area contributed by atoms with Gasteiger partial charge in [-0.15, -0.1) is 0 Å². The van der Waals surface area contributed by atoms with E-state index in [1.807, 2.05) is 37.6 Å². The van der Waals surface area contributed by atoms with Crippen molar-refractivity contribution in [2.24, 2.45) is 0 Å². The Morgan fingerprint density at radius 1 is 1.12 bits per heavy atom. The predicted octanol–water partition coefficient (Wildman–Crippen LogP) is 3.64. The van der Waals surface area contributed by atoms with Crippen LogP contribution in [0, 0.1) is 13.8 Å². The molecule has 0 aliphatic carbocycles. The standard InChI is InChI=1S/C19H29N3O2S/c1-8-22-15(3)18(14(2)20-22)13-21(7)25(23,24)17-11-9-16(10-12-17)19(4,5)6/h9-12H,8,13H2,1-7H3. The Hall–Kier alpha value is -1.66. The monoisotopic (exact) mass is 363 g/mol. The van der Waals surface area contributed by atoms with Crippen LogP contribution < -0.4 is 0 Å². The Kier molecular flexibility index (Phi) is 5.44. The first-order chi connectivity index (χ1) is 11.5. The molecule has 2 aromatic rings. The van der Waals surface area contributed by atoms with Crippen molar-refractivity contribution in [1.82, 2.24) is 14.1 Å². The average Bonchev–Trinajstić information content (AvgIpc) is 2.81. The molecule has 1 aromatic heterocycles. The minimum absolute atomic E-state index is 0.00282. The molecule has 0 atom stereocenters. The minimum atomic E-state index is -3.53. The third-order valence-electron chi connectivity index (χ3n) is 4.64. The van der Waals surface area contributed by atoms with Crippen LogP contribution in [0.5, 0.6) is 0 Å². The molecule has 0 aliphatic heterocycles. The van der Waals surface area contributed by atoms with E-state index >= 15 is 0 Å². The molecule has 0 N–H and O–H groups in total. The van der Waals surface area contributed by atoms with Crippen LogP contribution >= 0.6 is 0 Å². The Morgan fingerprint density at radius 3 is 2.12 bits per heavy atom. The summed E-state index contributed by atoms with van der Waals surface area (Å²) in [6.07, 6.45) is 0. The second-order valence-corrected chi connectivity index (χ2v) is 9.55. The zero-order valence-electron chi connectivity index (χ0n) is 16.3. The van der Waals surface area contributed by atoms with E-state index in [0.717, 1.165) is 29.1 Å². The van der Waals surface area contributed by atoms with Crippen molar-refractivity contribution >= 4 is 10.0 Å². The van der Waals surface area contributed by atoms with E-state index in [9.17, 15) is 8.42 Å². The topological polar surface area (TPSA) is 55.2 Å². The van der Waals surface area contributed by atoms with Gasteiger partial charge in [0.1, 0.15) is 0 Å². The predicted molar refractivity (Wildman–Crippen MR) is 101 cm³/mol. The molecule has 5 nitrogen and oxygen atoms in total. The lowest BCUT2D eigenvalue weighted by Crippen LogP contribution is -2.27. The first kappa shape index (κ1) is 19.7. The van der Waals surface area contributed by atoms with Crippen molar-refractivity contribution in [3.63, 3.8) is 0 Å². The van der Waals surface area contributed by atoms with Gasteiger partial charge < -0.3 is 0 Å². The molecule has 0 bridgehead atoms. The molecule has 6 heteroatoms. The average molecular weight is 364 g/mol. The van der Waals surface area contributed by atoms with E-state index in [0.29, 0.717) is 11.4 Å². The number of sulfonamides is 1. The van der Waals surface area contributed by atoms with Crippen LogP contribution in [-0.2, 0) is 28.5 Å². The van der Waals surface area contributed by atoms with Gasteiger partial charge in [-0.1, -0.05) is 32.9 Å². The van der Waals surface area contributed by atoms with E-state index < -0.39 is 10.0 Å². The quantitative estimate of drug-likeness (QED) is 0.815. The number of rotatable bonds is 5. The third kappa shape index (κ3) is 3.96. The maximum absolute atomic E-state index is 12.9. The molecule has 138 valence electrons. The highest BCUT2D eigenvalue weighted by Crippen LogP contribution is 2.25. The van der Waals surface area contributed by atoms with Gasteiger partial charge in [-0.25, -0.2) is 8.42 Å². The summed E-state index contributed by atoms with van der Waals surface area (Å²) in [4.78, 5) is 0.321. The van der Waals surface area contributed by atoms with Crippen molar-refractivity contribution < 1.29 is 8.42 Å². The fourth-order valence-electron chi connectivity index (χ4n) is 2.89. The van der Waals surface area contributed by atoms with Crippen molar-refractivity contribution in [1.29, 1.82) is 0 Å². The van der Waals surface area contributed by atoms with Crippen LogP contribution in [0.25, 0.3) is 0 Å². The fourth-order valence-corrected chi connectivity index (χ4v) is 4.02. The molecule has 0 saturated carbocycles. The van der Waals surface area contributed by atoms with E-state index in [1.165, 1.54) is 4.31 Å². The van der Waals surface area contributed by atoms with Gasteiger partial charge in [0.25, 0.3) is 0 Å². The van der Waals surface area contributed by atoms with Gasteiger partial charge in [-0.05, 0) is 43.9 Å². The van der Waals surface area contributed by atoms with Crippen molar-refractivity contribution in [2.45, 2.75) is 64.9 Å². The van der Waals surface area contributed by atoms with Crippen LogP contribution in [0.15, 0.2) is 29.2 Å². The normalized spacial score (nSPS) is 12.8. The lowest BCUT2D eigenvalue weighted by molar-refractivity contribution is 0.464. The highest BCUT2D eigenvalue weighted by Gasteiger charge is 2.24. The van der Waals surface area contributed by atoms with Gasteiger partial charge >= 0.3 is 0 Å². The molecule has 2 rings (SSSR count). The third-order valence-corrected chi connectivity index (χ3v) is 6.46. The molecule has 0 spiro atoms. The molecular formula is C19H29N3O2S. The number of aryl methyl sites for hydroxylation is 2. The number of hydrogen-bond acceptors (Lipinski definition) is 3. The first-order valence-electron chi connectivity index (χ1n) is 8.58. The number of nitrogens with zero attached hydrogens (tertiary/aromatic N) is 3. The fraction of sp³-hybridized carbons (Fsp3) is 0.526. The molecule has 0 saturated heterocycles. The lowest BCUT2D eigenvalue weighted by Gasteiger charge is -2.21. The minimum Gasteiger partial charge on any atom is -0.270 e. The molecule has 1 heterocycles. The second-order valence-electron chi connectivity index (χ2n) is 7.50. The van der Waals surface area contributed by atoms with E-state index in [-0.39, 0.29) is 5.41 Å². The Morgan fingerprint density at radius 2 is 1.68 bits per heavy atom. The van der Waals surface area contributed by atoms with Gasteiger partial charge in [0.2, 0.25) is 10.0 Å². The number of benzene rings is 1. The largest absolute Gasteiger partial charge is 0.270 e. The van der Waals surface area contributed by atoms with Gasteiger partial charge in [-0.2, -0.15) is 9.40 Å². The van der Waals surface area contributed by atoms with Crippen molar-refractivity contribution in [2.75, 3.05) is 7.05 Å². The maximum atomic E-state index is 12.9. The van der Waals surface area contributed by atoms with E-state index in [4.69, 9.17) is 0 Å². The first-order valence-corrected chi connectivity index (χ1v) is 10.0.